The highest BCUT2D eigenvalue weighted by atomic mass is 35.5. The van der Waals surface area contributed by atoms with Gasteiger partial charge in [-0.15, -0.1) is 11.8 Å². The Bertz CT molecular complexity index is 686. The zero-order valence-electron chi connectivity index (χ0n) is 10.8. The molecule has 0 saturated heterocycles. The van der Waals surface area contributed by atoms with Crippen molar-refractivity contribution in [2.24, 2.45) is 0 Å². The molecule has 0 unspecified atom stereocenters. The van der Waals surface area contributed by atoms with Crippen molar-refractivity contribution in [3.05, 3.63) is 56.7 Å². The van der Waals surface area contributed by atoms with E-state index in [4.69, 9.17) is 11.6 Å². The average Bonchev–Trinajstić information content (AvgIpc) is 2.46. The first kappa shape index (κ1) is 13.7. The lowest BCUT2D eigenvalue weighted by molar-refractivity contribution is 0.614. The molecular formula is C14H14ClN3OS. The van der Waals surface area contributed by atoms with Crippen LogP contribution in [0.3, 0.4) is 0 Å². The lowest BCUT2D eigenvalue weighted by Crippen LogP contribution is -2.31. The number of hydrogen-bond donors (Lipinski definition) is 2. The molecule has 3 rings (SSSR count). The van der Waals surface area contributed by atoms with E-state index in [1.54, 1.807) is 11.8 Å². The van der Waals surface area contributed by atoms with E-state index in [9.17, 15) is 4.79 Å². The standard InChI is InChI=1S/C14H14ClN3OS/c15-10-3-1-2-4-12(10)20-8-13-17-11-7-16-6-5-9(11)14(19)18-13/h1-4,16H,5-8H2,(H,17,18,19). The summed E-state index contributed by atoms with van der Waals surface area (Å²) in [6, 6.07) is 7.67. The van der Waals surface area contributed by atoms with E-state index in [1.165, 1.54) is 0 Å². The number of benzene rings is 1. The van der Waals surface area contributed by atoms with Gasteiger partial charge in [0.25, 0.3) is 5.56 Å². The molecule has 0 atom stereocenters. The Balaban J connectivity index is 1.80. The van der Waals surface area contributed by atoms with Gasteiger partial charge in [-0.3, -0.25) is 4.79 Å². The normalized spacial score (nSPS) is 14.1. The molecular weight excluding hydrogens is 294 g/mol. The molecule has 0 fully saturated rings. The quantitative estimate of drug-likeness (QED) is 0.855. The zero-order chi connectivity index (χ0) is 13.9. The average molecular weight is 308 g/mol. The van der Waals surface area contributed by atoms with E-state index in [-0.39, 0.29) is 5.56 Å². The van der Waals surface area contributed by atoms with Gasteiger partial charge in [0.05, 0.1) is 16.5 Å². The zero-order valence-corrected chi connectivity index (χ0v) is 12.4. The summed E-state index contributed by atoms with van der Waals surface area (Å²) in [4.78, 5) is 20.4. The number of hydrogen-bond acceptors (Lipinski definition) is 4. The largest absolute Gasteiger partial charge is 0.311 e. The molecule has 1 aliphatic rings. The molecule has 2 heterocycles. The third kappa shape index (κ3) is 2.90. The number of thioether (sulfide) groups is 1. The lowest BCUT2D eigenvalue weighted by Gasteiger charge is -2.15. The van der Waals surface area contributed by atoms with Gasteiger partial charge in [0, 0.05) is 17.0 Å². The Morgan fingerprint density at radius 1 is 1.35 bits per heavy atom. The van der Waals surface area contributed by atoms with Crippen LogP contribution in [-0.4, -0.2) is 16.5 Å². The number of H-pyrrole nitrogens is 1. The van der Waals surface area contributed by atoms with Crippen LogP contribution in [0.1, 0.15) is 17.1 Å². The topological polar surface area (TPSA) is 57.8 Å². The van der Waals surface area contributed by atoms with Crippen LogP contribution in [0.2, 0.25) is 5.02 Å². The molecule has 0 amide bonds. The van der Waals surface area contributed by atoms with E-state index >= 15 is 0 Å². The number of nitrogens with one attached hydrogen (secondary N) is 2. The smallest absolute Gasteiger partial charge is 0.254 e. The summed E-state index contributed by atoms with van der Waals surface area (Å²) >= 11 is 7.69. The summed E-state index contributed by atoms with van der Waals surface area (Å²) < 4.78 is 0. The molecule has 4 nitrogen and oxygen atoms in total. The van der Waals surface area contributed by atoms with Crippen LogP contribution in [0.25, 0.3) is 0 Å². The summed E-state index contributed by atoms with van der Waals surface area (Å²) in [6.45, 7) is 1.51. The molecule has 104 valence electrons. The first-order chi connectivity index (χ1) is 9.74. The highest BCUT2D eigenvalue weighted by Gasteiger charge is 2.15. The third-order valence-corrected chi connectivity index (χ3v) is 4.72. The van der Waals surface area contributed by atoms with Gasteiger partial charge in [0.15, 0.2) is 0 Å². The molecule has 0 bridgehead atoms. The Morgan fingerprint density at radius 2 is 2.20 bits per heavy atom. The van der Waals surface area contributed by atoms with Gasteiger partial charge in [-0.2, -0.15) is 0 Å². The molecule has 1 aromatic carbocycles. The summed E-state index contributed by atoms with van der Waals surface area (Å²) in [5.74, 6) is 1.30. The van der Waals surface area contributed by atoms with Gasteiger partial charge >= 0.3 is 0 Å². The van der Waals surface area contributed by atoms with E-state index in [0.29, 0.717) is 18.1 Å². The molecule has 0 aliphatic carbocycles. The predicted octanol–water partition coefficient (Wildman–Crippen LogP) is 2.36. The Labute approximate surface area is 126 Å². The summed E-state index contributed by atoms with van der Waals surface area (Å²) in [6.07, 6.45) is 0.746. The van der Waals surface area contributed by atoms with Crippen molar-refractivity contribution >= 4 is 23.4 Å². The van der Waals surface area contributed by atoms with E-state index in [0.717, 1.165) is 34.1 Å². The highest BCUT2D eigenvalue weighted by molar-refractivity contribution is 7.98. The Morgan fingerprint density at radius 3 is 3.05 bits per heavy atom. The lowest BCUT2D eigenvalue weighted by atomic mass is 10.1. The van der Waals surface area contributed by atoms with Crippen LogP contribution in [0.5, 0.6) is 0 Å². The molecule has 0 spiro atoms. The van der Waals surface area contributed by atoms with Gasteiger partial charge in [0.1, 0.15) is 5.82 Å². The second-order valence-electron chi connectivity index (χ2n) is 4.58. The van der Waals surface area contributed by atoms with Gasteiger partial charge in [-0.25, -0.2) is 4.98 Å². The molecule has 1 aromatic heterocycles. The van der Waals surface area contributed by atoms with Crippen LogP contribution in [0.15, 0.2) is 34.0 Å². The SMILES string of the molecule is O=c1[nH]c(CSc2ccccc2Cl)nc2c1CCNC2. The fraction of sp³-hybridized carbons (Fsp3) is 0.286. The van der Waals surface area contributed by atoms with E-state index < -0.39 is 0 Å². The second kappa shape index (κ2) is 5.99. The second-order valence-corrected chi connectivity index (χ2v) is 6.01. The maximum absolute atomic E-state index is 12.0. The number of aromatic nitrogens is 2. The minimum absolute atomic E-state index is 0.00809. The van der Waals surface area contributed by atoms with E-state index in [1.807, 2.05) is 24.3 Å². The minimum atomic E-state index is -0.00809. The predicted molar refractivity (Wildman–Crippen MR) is 81.3 cm³/mol. The van der Waals surface area contributed by atoms with Crippen LogP contribution >= 0.6 is 23.4 Å². The van der Waals surface area contributed by atoms with Crippen LogP contribution in [-0.2, 0) is 18.7 Å². The van der Waals surface area contributed by atoms with Crippen LogP contribution < -0.4 is 10.9 Å². The van der Waals surface area contributed by atoms with Crippen molar-refractivity contribution in [3.8, 4) is 0 Å². The number of nitrogens with zero attached hydrogens (tertiary/aromatic N) is 1. The number of aromatic amines is 1. The third-order valence-electron chi connectivity index (χ3n) is 3.20. The maximum atomic E-state index is 12.0. The summed E-state index contributed by atoms with van der Waals surface area (Å²) in [5.41, 5.74) is 1.68. The first-order valence-electron chi connectivity index (χ1n) is 6.43. The Hall–Kier alpha value is -1.30. The van der Waals surface area contributed by atoms with Crippen molar-refractivity contribution in [1.29, 1.82) is 0 Å². The maximum Gasteiger partial charge on any atom is 0.254 e. The summed E-state index contributed by atoms with van der Waals surface area (Å²) in [7, 11) is 0. The van der Waals surface area contributed by atoms with Crippen molar-refractivity contribution in [3.63, 3.8) is 0 Å². The fourth-order valence-electron chi connectivity index (χ4n) is 2.20. The van der Waals surface area contributed by atoms with Crippen LogP contribution in [0, 0.1) is 0 Å². The van der Waals surface area contributed by atoms with Crippen molar-refractivity contribution in [1.82, 2.24) is 15.3 Å². The number of halogens is 1. The number of rotatable bonds is 3. The molecule has 0 saturated carbocycles. The molecule has 2 N–H and O–H groups in total. The van der Waals surface area contributed by atoms with E-state index in [2.05, 4.69) is 15.3 Å². The van der Waals surface area contributed by atoms with Gasteiger partial charge < -0.3 is 10.3 Å². The van der Waals surface area contributed by atoms with Crippen molar-refractivity contribution < 1.29 is 0 Å². The Kier molecular flexibility index (Phi) is 4.10. The fourth-order valence-corrected chi connectivity index (χ4v) is 3.31. The van der Waals surface area contributed by atoms with Crippen molar-refractivity contribution in [2.75, 3.05) is 6.54 Å². The van der Waals surface area contributed by atoms with Gasteiger partial charge in [-0.05, 0) is 25.1 Å². The molecule has 20 heavy (non-hydrogen) atoms. The first-order valence-corrected chi connectivity index (χ1v) is 7.79. The molecule has 6 heteroatoms. The van der Waals surface area contributed by atoms with Gasteiger partial charge in [-0.1, -0.05) is 23.7 Å². The highest BCUT2D eigenvalue weighted by Crippen LogP contribution is 2.28. The van der Waals surface area contributed by atoms with Gasteiger partial charge in [0.2, 0.25) is 0 Å². The summed E-state index contributed by atoms with van der Waals surface area (Å²) in [5, 5.41) is 3.96. The number of fused-ring (bicyclic) bond motifs is 1. The molecule has 1 aliphatic heterocycles. The monoisotopic (exact) mass is 307 g/mol. The van der Waals surface area contributed by atoms with Crippen molar-refractivity contribution in [2.45, 2.75) is 23.6 Å². The minimum Gasteiger partial charge on any atom is -0.311 e. The van der Waals surface area contributed by atoms with Crippen LogP contribution in [0.4, 0.5) is 0 Å². The molecule has 2 aromatic rings. The molecule has 0 radical (unpaired) electrons.